The summed E-state index contributed by atoms with van der Waals surface area (Å²) < 4.78 is 16.7. The van der Waals surface area contributed by atoms with Gasteiger partial charge >= 0.3 is 5.97 Å². The van der Waals surface area contributed by atoms with Crippen molar-refractivity contribution in [2.24, 2.45) is 0 Å². The van der Waals surface area contributed by atoms with Crippen LogP contribution >= 0.6 is 0 Å². The summed E-state index contributed by atoms with van der Waals surface area (Å²) in [4.78, 5) is 25.1. The number of nitrogens with one attached hydrogen (secondary N) is 1. The highest BCUT2D eigenvalue weighted by molar-refractivity contribution is 5.76. The molecule has 1 aliphatic rings. The van der Waals surface area contributed by atoms with E-state index in [1.807, 2.05) is 6.08 Å². The molecule has 0 aromatic carbocycles. The number of allylic oxidation sites excluding steroid dienone is 5. The third kappa shape index (κ3) is 39.9. The predicted octanol–water partition coefficient (Wildman–Crippen LogP) is 13.5. The third-order valence-electron chi connectivity index (χ3n) is 14.0. The number of hydrogen-bond donors (Lipinski definition) is 6. The average Bonchev–Trinajstić information content (AvgIpc) is 3.37. The number of carbonyl (C=O) groups excluding carboxylic acids is 2. The van der Waals surface area contributed by atoms with Gasteiger partial charge in [0.15, 0.2) is 6.29 Å². The van der Waals surface area contributed by atoms with Crippen LogP contribution in [0, 0.1) is 0 Å². The summed E-state index contributed by atoms with van der Waals surface area (Å²) in [5.74, 6) is -0.230. The normalized spacial score (nSPS) is 19.3. The molecule has 1 saturated heterocycles. The Morgan fingerprint density at radius 3 is 1.35 bits per heavy atom. The van der Waals surface area contributed by atoms with Gasteiger partial charge in [-0.15, -0.1) is 0 Å². The molecule has 0 aromatic rings. The van der Waals surface area contributed by atoms with Crippen molar-refractivity contribution in [1.82, 2.24) is 5.32 Å². The van der Waals surface area contributed by atoms with E-state index >= 15 is 0 Å². The van der Waals surface area contributed by atoms with Crippen LogP contribution in [0.1, 0.15) is 271 Å². The second-order valence-corrected chi connectivity index (χ2v) is 20.7. The Bertz CT molecular complexity index is 1280. The lowest BCUT2D eigenvalue weighted by molar-refractivity contribution is -0.302. The minimum Gasteiger partial charge on any atom is -0.466 e. The average molecular weight is 1010 g/mol. The monoisotopic (exact) mass is 1010 g/mol. The molecule has 71 heavy (non-hydrogen) atoms. The Morgan fingerprint density at radius 1 is 0.507 bits per heavy atom. The fourth-order valence-electron chi connectivity index (χ4n) is 9.19. The molecule has 0 spiro atoms. The lowest BCUT2D eigenvalue weighted by Gasteiger charge is -2.40. The molecule has 1 fully saturated rings. The molecule has 11 nitrogen and oxygen atoms in total. The fourth-order valence-corrected chi connectivity index (χ4v) is 9.19. The molecule has 0 aromatic heterocycles. The third-order valence-corrected chi connectivity index (χ3v) is 14.0. The molecule has 1 amide bonds. The zero-order valence-electron chi connectivity index (χ0n) is 45.7. The fraction of sp³-hybridized carbons (Fsp3) is 0.867. The molecule has 1 aliphatic heterocycles. The molecule has 1 rings (SSSR count). The molecule has 7 unspecified atom stereocenters. The SMILES string of the molecule is CCCCCCCC/C=C\CCCCCCCCCCCC(=O)OCCCCCC/C=C\CCCCCCCCCC(=O)NC(COC1OC(CO)C(O)C(O)C1O)C(O)/C=C/CCCCCCCCC. The number of aliphatic hydroxyl groups excluding tert-OH is 5. The van der Waals surface area contributed by atoms with E-state index in [2.05, 4.69) is 43.5 Å². The van der Waals surface area contributed by atoms with E-state index in [4.69, 9.17) is 14.2 Å². The summed E-state index contributed by atoms with van der Waals surface area (Å²) in [5.41, 5.74) is 0. The van der Waals surface area contributed by atoms with E-state index < -0.39 is 49.5 Å². The molecule has 0 bridgehead atoms. The molecule has 6 N–H and O–H groups in total. The number of amides is 1. The first-order valence-corrected chi connectivity index (χ1v) is 29.8. The molecule has 7 atom stereocenters. The largest absolute Gasteiger partial charge is 0.466 e. The van der Waals surface area contributed by atoms with E-state index in [1.165, 1.54) is 161 Å². The first-order chi connectivity index (χ1) is 34.7. The van der Waals surface area contributed by atoms with Gasteiger partial charge in [0.25, 0.3) is 0 Å². The van der Waals surface area contributed by atoms with Crippen molar-refractivity contribution in [3.05, 3.63) is 36.5 Å². The Kier molecular flexibility index (Phi) is 47.2. The van der Waals surface area contributed by atoms with Crippen LogP contribution in [0.2, 0.25) is 0 Å². The van der Waals surface area contributed by atoms with Crippen molar-refractivity contribution < 1.29 is 49.3 Å². The highest BCUT2D eigenvalue weighted by Crippen LogP contribution is 2.23. The topological polar surface area (TPSA) is 175 Å². The minimum atomic E-state index is -1.58. The Hall–Kier alpha value is -2.12. The van der Waals surface area contributed by atoms with E-state index in [9.17, 15) is 35.1 Å². The van der Waals surface area contributed by atoms with Crippen LogP contribution in [0.5, 0.6) is 0 Å². The molecular weight excluding hydrogens is 895 g/mol. The van der Waals surface area contributed by atoms with Gasteiger partial charge < -0.3 is 45.1 Å². The van der Waals surface area contributed by atoms with Crippen molar-refractivity contribution in [3.63, 3.8) is 0 Å². The van der Waals surface area contributed by atoms with Crippen LogP contribution < -0.4 is 5.32 Å². The summed E-state index contributed by atoms with van der Waals surface area (Å²) in [5, 5.41) is 54.2. The summed E-state index contributed by atoms with van der Waals surface area (Å²) in [6.45, 7) is 4.26. The van der Waals surface area contributed by atoms with Crippen LogP contribution in [0.25, 0.3) is 0 Å². The first kappa shape index (κ1) is 66.9. The van der Waals surface area contributed by atoms with Gasteiger partial charge in [-0.1, -0.05) is 211 Å². The number of ether oxygens (including phenoxy) is 3. The quantitative estimate of drug-likeness (QED) is 0.0195. The molecule has 0 saturated carbocycles. The van der Waals surface area contributed by atoms with Crippen LogP contribution in [-0.4, -0.2) is 100 Å². The van der Waals surface area contributed by atoms with Crippen LogP contribution in [-0.2, 0) is 23.8 Å². The molecule has 0 radical (unpaired) electrons. The molecule has 416 valence electrons. The summed E-state index contributed by atoms with van der Waals surface area (Å²) in [7, 11) is 0. The number of esters is 1. The zero-order chi connectivity index (χ0) is 51.7. The van der Waals surface area contributed by atoms with Crippen molar-refractivity contribution >= 4 is 11.9 Å². The van der Waals surface area contributed by atoms with E-state index in [0.717, 1.165) is 83.5 Å². The highest BCUT2D eigenvalue weighted by Gasteiger charge is 2.44. The number of unbranched alkanes of at least 4 members (excludes halogenated alkanes) is 33. The van der Waals surface area contributed by atoms with Crippen LogP contribution in [0.4, 0.5) is 0 Å². The van der Waals surface area contributed by atoms with Gasteiger partial charge in [-0.05, 0) is 83.5 Å². The van der Waals surface area contributed by atoms with Gasteiger partial charge in [0.1, 0.15) is 24.4 Å². The lowest BCUT2D eigenvalue weighted by atomic mass is 9.99. The zero-order valence-corrected chi connectivity index (χ0v) is 45.7. The second-order valence-electron chi connectivity index (χ2n) is 20.7. The predicted molar refractivity (Wildman–Crippen MR) is 292 cm³/mol. The molecule has 1 heterocycles. The summed E-state index contributed by atoms with van der Waals surface area (Å²) in [6, 6.07) is -0.820. The van der Waals surface area contributed by atoms with Gasteiger partial charge in [-0.3, -0.25) is 9.59 Å². The van der Waals surface area contributed by atoms with Crippen molar-refractivity contribution in [3.8, 4) is 0 Å². The van der Waals surface area contributed by atoms with E-state index in [-0.39, 0.29) is 18.5 Å². The maximum atomic E-state index is 13.0. The first-order valence-electron chi connectivity index (χ1n) is 29.8. The number of aliphatic hydroxyl groups is 5. The molecule has 0 aliphatic carbocycles. The summed E-state index contributed by atoms with van der Waals surface area (Å²) in [6.07, 6.45) is 51.0. The van der Waals surface area contributed by atoms with E-state index in [1.54, 1.807) is 6.08 Å². The van der Waals surface area contributed by atoms with Crippen LogP contribution in [0.3, 0.4) is 0 Å². The second kappa shape index (κ2) is 50.1. The maximum Gasteiger partial charge on any atom is 0.305 e. The van der Waals surface area contributed by atoms with Crippen LogP contribution in [0.15, 0.2) is 36.5 Å². The summed E-state index contributed by atoms with van der Waals surface area (Å²) >= 11 is 0. The number of hydrogen-bond acceptors (Lipinski definition) is 10. The van der Waals surface area contributed by atoms with Gasteiger partial charge in [0, 0.05) is 12.8 Å². The van der Waals surface area contributed by atoms with Gasteiger partial charge in [0.2, 0.25) is 5.91 Å². The Morgan fingerprint density at radius 2 is 0.901 bits per heavy atom. The van der Waals surface area contributed by atoms with Gasteiger partial charge in [0.05, 0.1) is 32.0 Å². The Labute approximate surface area is 434 Å². The molecule has 11 heteroatoms. The van der Waals surface area contributed by atoms with E-state index in [0.29, 0.717) is 19.4 Å². The molecular formula is C60H111NO10. The van der Waals surface area contributed by atoms with Gasteiger partial charge in [-0.2, -0.15) is 0 Å². The van der Waals surface area contributed by atoms with Gasteiger partial charge in [-0.25, -0.2) is 0 Å². The lowest BCUT2D eigenvalue weighted by Crippen LogP contribution is -2.60. The van der Waals surface area contributed by atoms with Crippen molar-refractivity contribution in [2.45, 2.75) is 314 Å². The smallest absolute Gasteiger partial charge is 0.305 e. The Balaban J connectivity index is 2.04. The number of rotatable bonds is 51. The standard InChI is InChI=1S/C60H111NO10/c1-3-5-7-9-11-13-14-15-16-17-18-19-22-25-28-32-36-40-44-48-56(65)69-49-45-41-37-33-29-26-23-20-21-24-27-31-35-39-43-47-55(64)61-52(53(63)46-42-38-34-30-12-10-8-6-4-2)51-70-60-59(68)58(67)57(66)54(50-62)71-60/h15-16,23,26,42,46,52-54,57-60,62-63,66-68H,3-14,17-22,24-25,27-41,43-45,47-51H2,1-2H3,(H,61,64)/b16-15-,26-23-,46-42+. The highest BCUT2D eigenvalue weighted by atomic mass is 16.7. The number of carbonyl (C=O) groups is 2. The van der Waals surface area contributed by atoms with Crippen molar-refractivity contribution in [2.75, 3.05) is 19.8 Å². The van der Waals surface area contributed by atoms with Crippen molar-refractivity contribution in [1.29, 1.82) is 0 Å². The maximum absolute atomic E-state index is 13.0. The minimum absolute atomic E-state index is 0.0302.